The van der Waals surface area contributed by atoms with Crippen LogP contribution >= 0.6 is 22.9 Å². The van der Waals surface area contributed by atoms with E-state index in [0.717, 1.165) is 15.1 Å². The van der Waals surface area contributed by atoms with Gasteiger partial charge in [0, 0.05) is 16.7 Å². The smallest absolute Gasteiger partial charge is 0.372 e. The third-order valence-electron chi connectivity index (χ3n) is 2.25. The van der Waals surface area contributed by atoms with Gasteiger partial charge in [-0.25, -0.2) is 9.97 Å². The molecule has 0 amide bonds. The van der Waals surface area contributed by atoms with Gasteiger partial charge in [0.25, 0.3) is 0 Å². The van der Waals surface area contributed by atoms with E-state index in [9.17, 15) is 13.2 Å². The zero-order valence-corrected chi connectivity index (χ0v) is 11.5. The first kappa shape index (κ1) is 14.5. The second-order valence-electron chi connectivity index (χ2n) is 3.92. The highest BCUT2D eigenvalue weighted by Gasteiger charge is 2.27. The number of ether oxygens (including phenoxy) is 1. The summed E-state index contributed by atoms with van der Waals surface area (Å²) < 4.78 is 40.2. The Labute approximate surface area is 116 Å². The molecule has 8 heteroatoms. The lowest BCUT2D eigenvalue weighted by atomic mass is 10.3. The van der Waals surface area contributed by atoms with Gasteiger partial charge in [0.15, 0.2) is 0 Å². The van der Waals surface area contributed by atoms with Gasteiger partial charge >= 0.3 is 6.18 Å². The fourth-order valence-corrected chi connectivity index (χ4v) is 2.71. The van der Waals surface area contributed by atoms with Crippen LogP contribution in [0.25, 0.3) is 10.2 Å². The molecule has 0 N–H and O–H groups in total. The minimum Gasteiger partial charge on any atom is -0.372 e. The van der Waals surface area contributed by atoms with Crippen molar-refractivity contribution >= 4 is 33.2 Å². The number of thiophene rings is 1. The highest BCUT2D eigenvalue weighted by atomic mass is 35.5. The summed E-state index contributed by atoms with van der Waals surface area (Å²) in [5, 5.41) is 1.09. The largest absolute Gasteiger partial charge is 0.411 e. The van der Waals surface area contributed by atoms with Gasteiger partial charge in [-0.1, -0.05) is 11.6 Å². The summed E-state index contributed by atoms with van der Waals surface area (Å²) >= 11 is 7.46. The molecule has 0 aliphatic carbocycles. The van der Waals surface area contributed by atoms with Crippen molar-refractivity contribution in [3.63, 3.8) is 0 Å². The summed E-state index contributed by atoms with van der Waals surface area (Å²) in [6, 6.07) is 1.88. The molecule has 104 valence electrons. The van der Waals surface area contributed by atoms with Gasteiger partial charge in [0.05, 0.1) is 6.61 Å². The third kappa shape index (κ3) is 4.02. The molecule has 0 aliphatic heterocycles. The van der Waals surface area contributed by atoms with Crippen molar-refractivity contribution < 1.29 is 17.9 Å². The average Bonchev–Trinajstić information content (AvgIpc) is 2.64. The summed E-state index contributed by atoms with van der Waals surface area (Å²) in [5.74, 6) is 0.390. The molecule has 0 unspecified atom stereocenters. The molecule has 19 heavy (non-hydrogen) atoms. The van der Waals surface area contributed by atoms with Gasteiger partial charge < -0.3 is 4.74 Å². The van der Waals surface area contributed by atoms with Crippen LogP contribution in [0, 0.1) is 6.92 Å². The Morgan fingerprint density at radius 3 is 2.79 bits per heavy atom. The van der Waals surface area contributed by atoms with Crippen molar-refractivity contribution in [2.45, 2.75) is 19.5 Å². The fourth-order valence-electron chi connectivity index (χ4n) is 1.51. The fraction of sp³-hybridized carbons (Fsp3) is 0.455. The van der Waals surface area contributed by atoms with Crippen LogP contribution in [0.4, 0.5) is 13.2 Å². The third-order valence-corrected chi connectivity index (χ3v) is 3.48. The molecule has 0 spiro atoms. The van der Waals surface area contributed by atoms with Crippen LogP contribution in [-0.2, 0) is 11.2 Å². The molecule has 2 aromatic rings. The molecule has 2 rings (SSSR count). The SMILES string of the molecule is Cc1cc2c(Cl)nc(CCOCC(F)(F)F)nc2s1. The van der Waals surface area contributed by atoms with Crippen LogP contribution in [0.2, 0.25) is 5.15 Å². The molecule has 3 nitrogen and oxygen atoms in total. The first-order valence-corrected chi connectivity index (χ1v) is 6.61. The van der Waals surface area contributed by atoms with E-state index in [1.807, 2.05) is 13.0 Å². The lowest BCUT2D eigenvalue weighted by Crippen LogP contribution is -2.18. The van der Waals surface area contributed by atoms with Crippen LogP contribution in [0.3, 0.4) is 0 Å². The Morgan fingerprint density at radius 1 is 1.37 bits per heavy atom. The van der Waals surface area contributed by atoms with Crippen LogP contribution in [0.15, 0.2) is 6.07 Å². The first-order chi connectivity index (χ1) is 8.85. The van der Waals surface area contributed by atoms with Crippen molar-refractivity contribution in [1.82, 2.24) is 9.97 Å². The van der Waals surface area contributed by atoms with Gasteiger partial charge in [-0.2, -0.15) is 13.2 Å². The molecule has 0 saturated heterocycles. The van der Waals surface area contributed by atoms with Crippen molar-refractivity contribution in [3.8, 4) is 0 Å². The summed E-state index contributed by atoms with van der Waals surface area (Å²) in [5.41, 5.74) is 0. The van der Waals surface area contributed by atoms with E-state index in [1.54, 1.807) is 0 Å². The molecule has 0 fully saturated rings. The second kappa shape index (κ2) is 5.60. The van der Waals surface area contributed by atoms with Crippen molar-refractivity contribution in [2.24, 2.45) is 0 Å². The number of hydrogen-bond donors (Lipinski definition) is 0. The molecule has 0 aliphatic rings. The van der Waals surface area contributed by atoms with Crippen molar-refractivity contribution in [1.29, 1.82) is 0 Å². The molecule has 0 aromatic carbocycles. The Balaban J connectivity index is 2.01. The summed E-state index contributed by atoms with van der Waals surface area (Å²) in [6.07, 6.45) is -4.12. The summed E-state index contributed by atoms with van der Waals surface area (Å²) in [7, 11) is 0. The Morgan fingerprint density at radius 2 is 2.11 bits per heavy atom. The minimum absolute atomic E-state index is 0.0916. The van der Waals surface area contributed by atoms with Crippen molar-refractivity contribution in [3.05, 3.63) is 21.9 Å². The van der Waals surface area contributed by atoms with Gasteiger partial charge in [-0.15, -0.1) is 11.3 Å². The first-order valence-electron chi connectivity index (χ1n) is 5.42. The van der Waals surface area contributed by atoms with E-state index in [-0.39, 0.29) is 13.0 Å². The van der Waals surface area contributed by atoms with E-state index < -0.39 is 12.8 Å². The second-order valence-corrected chi connectivity index (χ2v) is 5.52. The molecular weight excluding hydrogens is 301 g/mol. The molecule has 0 atom stereocenters. The monoisotopic (exact) mass is 310 g/mol. The number of hydrogen-bond acceptors (Lipinski definition) is 4. The molecule has 2 heterocycles. The Hall–Kier alpha value is -0.920. The highest BCUT2D eigenvalue weighted by molar-refractivity contribution is 7.18. The van der Waals surface area contributed by atoms with Gasteiger partial charge in [0.2, 0.25) is 0 Å². The van der Waals surface area contributed by atoms with Gasteiger partial charge in [0.1, 0.15) is 22.4 Å². The summed E-state index contributed by atoms with van der Waals surface area (Å²) in [4.78, 5) is 10.1. The topological polar surface area (TPSA) is 35.0 Å². The lowest BCUT2D eigenvalue weighted by Gasteiger charge is -2.07. The Bertz CT molecular complexity index is 585. The molecule has 2 aromatic heterocycles. The van der Waals surface area contributed by atoms with Crippen LogP contribution in [0.5, 0.6) is 0 Å². The maximum absolute atomic E-state index is 11.9. The van der Waals surface area contributed by atoms with E-state index in [2.05, 4.69) is 14.7 Å². The van der Waals surface area contributed by atoms with E-state index >= 15 is 0 Å². The predicted octanol–water partition coefficient (Wildman–Crippen LogP) is 3.77. The number of aromatic nitrogens is 2. The molecule has 0 bridgehead atoms. The average molecular weight is 311 g/mol. The number of alkyl halides is 3. The minimum atomic E-state index is -4.31. The predicted molar refractivity (Wildman–Crippen MR) is 67.7 cm³/mol. The molecular formula is C11H10ClF3N2OS. The Kier molecular flexibility index (Phi) is 4.27. The zero-order valence-electron chi connectivity index (χ0n) is 9.92. The molecule has 0 radical (unpaired) electrons. The quantitative estimate of drug-likeness (QED) is 0.637. The normalized spacial score (nSPS) is 12.3. The number of aryl methyl sites for hydroxylation is 1. The van der Waals surface area contributed by atoms with Gasteiger partial charge in [-0.05, 0) is 13.0 Å². The number of rotatable bonds is 4. The number of nitrogens with zero attached hydrogens (tertiary/aromatic N) is 2. The van der Waals surface area contributed by atoms with E-state index in [1.165, 1.54) is 11.3 Å². The highest BCUT2D eigenvalue weighted by Crippen LogP contribution is 2.28. The summed E-state index contributed by atoms with van der Waals surface area (Å²) in [6.45, 7) is 0.571. The standard InChI is InChI=1S/C11H10ClF3N2OS/c1-6-4-7-9(12)16-8(17-10(7)19-6)2-3-18-5-11(13,14)15/h4H,2-3,5H2,1H3. The van der Waals surface area contributed by atoms with E-state index in [0.29, 0.717) is 11.0 Å². The lowest BCUT2D eigenvalue weighted by molar-refractivity contribution is -0.173. The number of halogens is 4. The van der Waals surface area contributed by atoms with E-state index in [4.69, 9.17) is 11.6 Å². The maximum atomic E-state index is 11.9. The molecule has 0 saturated carbocycles. The van der Waals surface area contributed by atoms with Gasteiger partial charge in [-0.3, -0.25) is 0 Å². The van der Waals surface area contributed by atoms with Crippen LogP contribution in [-0.4, -0.2) is 29.4 Å². The number of fused-ring (bicyclic) bond motifs is 1. The maximum Gasteiger partial charge on any atom is 0.411 e. The van der Waals surface area contributed by atoms with Crippen molar-refractivity contribution in [2.75, 3.05) is 13.2 Å². The van der Waals surface area contributed by atoms with Crippen LogP contribution < -0.4 is 0 Å². The zero-order chi connectivity index (χ0) is 14.0. The van der Waals surface area contributed by atoms with Crippen LogP contribution in [0.1, 0.15) is 10.7 Å².